The highest BCUT2D eigenvalue weighted by atomic mass is 33.1. The molecular formula is C16H20N2O2S2. The van der Waals surface area contributed by atoms with Crippen molar-refractivity contribution in [3.8, 4) is 0 Å². The van der Waals surface area contributed by atoms with Crippen molar-refractivity contribution < 1.29 is 9.59 Å². The van der Waals surface area contributed by atoms with Gasteiger partial charge in [-0.15, -0.1) is 26.3 Å². The van der Waals surface area contributed by atoms with Crippen molar-refractivity contribution in [1.29, 1.82) is 0 Å². The van der Waals surface area contributed by atoms with Gasteiger partial charge < -0.3 is 9.80 Å². The Morgan fingerprint density at radius 1 is 0.773 bits per heavy atom. The van der Waals surface area contributed by atoms with Crippen molar-refractivity contribution in [2.24, 2.45) is 0 Å². The molecule has 2 bridgehead atoms. The summed E-state index contributed by atoms with van der Waals surface area (Å²) in [6.45, 7) is 15.6. The summed E-state index contributed by atoms with van der Waals surface area (Å²) in [6, 6.07) is 0. The summed E-state index contributed by atoms with van der Waals surface area (Å²) in [4.78, 5) is 27.7. The van der Waals surface area contributed by atoms with E-state index in [2.05, 4.69) is 26.3 Å². The van der Waals surface area contributed by atoms with Gasteiger partial charge in [0.05, 0.1) is 0 Å². The van der Waals surface area contributed by atoms with Crippen molar-refractivity contribution in [1.82, 2.24) is 9.80 Å². The third-order valence-corrected chi connectivity index (χ3v) is 7.48. The average Bonchev–Trinajstić information content (AvgIpc) is 2.50. The molecule has 0 radical (unpaired) electrons. The first-order valence-corrected chi connectivity index (χ1v) is 9.13. The van der Waals surface area contributed by atoms with E-state index in [1.807, 2.05) is 0 Å². The fourth-order valence-electron chi connectivity index (χ4n) is 2.85. The van der Waals surface area contributed by atoms with Crippen LogP contribution in [-0.2, 0) is 9.59 Å². The summed E-state index contributed by atoms with van der Waals surface area (Å²) >= 11 is 0. The summed E-state index contributed by atoms with van der Waals surface area (Å²) in [5.41, 5.74) is 0. The Hall–Kier alpha value is -1.40. The Kier molecular flexibility index (Phi) is 4.92. The fraction of sp³-hybridized carbons (Fsp3) is 0.375. The van der Waals surface area contributed by atoms with Crippen LogP contribution in [-0.4, -0.2) is 44.4 Å². The Morgan fingerprint density at radius 3 is 1.41 bits per heavy atom. The molecular weight excluding hydrogens is 316 g/mol. The van der Waals surface area contributed by atoms with E-state index in [1.54, 1.807) is 34.1 Å². The smallest absolute Gasteiger partial charge is 0.262 e. The van der Waals surface area contributed by atoms with Crippen molar-refractivity contribution in [3.63, 3.8) is 0 Å². The molecule has 0 unspecified atom stereocenters. The molecule has 0 N–H and O–H groups in total. The van der Waals surface area contributed by atoms with E-state index in [0.717, 1.165) is 0 Å². The van der Waals surface area contributed by atoms with Gasteiger partial charge in [-0.25, -0.2) is 0 Å². The maximum absolute atomic E-state index is 13.1. The second-order valence-electron chi connectivity index (χ2n) is 5.13. The minimum atomic E-state index is -0.941. The standard InChI is InChI=1S/C16H20N2O2S2/c1-5-9-15-13(19)18(12-8-4)16(10-6-2,22-21-15)14(20)17(15)11-7-3/h5-8H,1-4,9-12H2/t15-,16-/m0/s1. The van der Waals surface area contributed by atoms with Crippen LogP contribution in [0.3, 0.4) is 0 Å². The van der Waals surface area contributed by atoms with Crippen molar-refractivity contribution in [2.45, 2.75) is 22.6 Å². The van der Waals surface area contributed by atoms with E-state index in [4.69, 9.17) is 0 Å². The lowest BCUT2D eigenvalue weighted by atomic mass is 9.97. The number of carbonyl (C=O) groups is 2. The normalized spacial score (nSPS) is 30.4. The highest BCUT2D eigenvalue weighted by molar-refractivity contribution is 8.78. The molecule has 3 aliphatic heterocycles. The van der Waals surface area contributed by atoms with Crippen LogP contribution in [0.1, 0.15) is 12.8 Å². The predicted molar refractivity (Wildman–Crippen MR) is 94.1 cm³/mol. The second-order valence-corrected chi connectivity index (χ2v) is 7.81. The van der Waals surface area contributed by atoms with Crippen LogP contribution < -0.4 is 0 Å². The van der Waals surface area contributed by atoms with E-state index < -0.39 is 9.74 Å². The van der Waals surface area contributed by atoms with Crippen molar-refractivity contribution >= 4 is 33.4 Å². The second kappa shape index (κ2) is 6.38. The van der Waals surface area contributed by atoms with Crippen LogP contribution in [0.25, 0.3) is 0 Å². The molecule has 0 aromatic heterocycles. The summed E-state index contributed by atoms with van der Waals surface area (Å²) in [6.07, 6.45) is 7.49. The summed E-state index contributed by atoms with van der Waals surface area (Å²) < 4.78 is 0. The van der Waals surface area contributed by atoms with Gasteiger partial charge >= 0.3 is 0 Å². The molecule has 3 saturated heterocycles. The molecule has 3 aliphatic rings. The van der Waals surface area contributed by atoms with Gasteiger partial charge in [0.25, 0.3) is 11.8 Å². The fourth-order valence-corrected chi connectivity index (χ4v) is 6.56. The lowest BCUT2D eigenvalue weighted by Gasteiger charge is -2.60. The van der Waals surface area contributed by atoms with Crippen molar-refractivity contribution in [2.75, 3.05) is 13.1 Å². The van der Waals surface area contributed by atoms with Crippen LogP contribution >= 0.6 is 21.6 Å². The SMILES string of the molecule is C=CCN1C(=O)[C@]2(CC=C)SS[C@@]1(CC=C)C(=O)N2CC=C. The number of hydrogen-bond donors (Lipinski definition) is 0. The van der Waals surface area contributed by atoms with Gasteiger partial charge in [0.2, 0.25) is 0 Å². The highest BCUT2D eigenvalue weighted by Crippen LogP contribution is 2.61. The maximum Gasteiger partial charge on any atom is 0.262 e. The first kappa shape index (κ1) is 17.0. The third kappa shape index (κ3) is 2.16. The van der Waals surface area contributed by atoms with Crippen molar-refractivity contribution in [3.05, 3.63) is 50.6 Å². The maximum atomic E-state index is 13.1. The molecule has 4 nitrogen and oxygen atoms in total. The zero-order valence-electron chi connectivity index (χ0n) is 12.5. The zero-order chi connectivity index (χ0) is 16.4. The Labute approximate surface area is 139 Å². The summed E-state index contributed by atoms with van der Waals surface area (Å²) in [5.74, 6) is -0.140. The number of amides is 2. The molecule has 0 spiro atoms. The molecule has 3 rings (SSSR count). The molecule has 22 heavy (non-hydrogen) atoms. The van der Waals surface area contributed by atoms with Gasteiger partial charge in [0.15, 0.2) is 9.74 Å². The summed E-state index contributed by atoms with van der Waals surface area (Å²) in [5, 5.41) is 0. The minimum absolute atomic E-state index is 0.0700. The monoisotopic (exact) mass is 336 g/mol. The number of hydrogen-bond acceptors (Lipinski definition) is 4. The zero-order valence-corrected chi connectivity index (χ0v) is 14.1. The Bertz CT molecular complexity index is 500. The molecule has 2 atom stereocenters. The number of carbonyl (C=O) groups excluding carboxylic acids is 2. The number of nitrogens with zero attached hydrogens (tertiary/aromatic N) is 2. The Balaban J connectivity index is 2.59. The molecule has 6 heteroatoms. The molecule has 0 aliphatic carbocycles. The molecule has 3 heterocycles. The molecule has 0 aromatic rings. The van der Waals surface area contributed by atoms with Gasteiger partial charge in [-0.2, -0.15) is 0 Å². The topological polar surface area (TPSA) is 40.6 Å². The highest BCUT2D eigenvalue weighted by Gasteiger charge is 2.67. The van der Waals surface area contributed by atoms with Crippen LogP contribution in [0.5, 0.6) is 0 Å². The van der Waals surface area contributed by atoms with Crippen LogP contribution in [0.2, 0.25) is 0 Å². The van der Waals surface area contributed by atoms with E-state index in [-0.39, 0.29) is 11.8 Å². The van der Waals surface area contributed by atoms with E-state index in [9.17, 15) is 9.59 Å². The number of piperazine rings is 1. The lowest BCUT2D eigenvalue weighted by Crippen LogP contribution is -2.77. The minimum Gasteiger partial charge on any atom is -0.312 e. The van der Waals surface area contributed by atoms with Crippen LogP contribution in [0, 0.1) is 0 Å². The molecule has 3 fully saturated rings. The first-order valence-electron chi connectivity index (χ1n) is 6.98. The van der Waals surface area contributed by atoms with Gasteiger partial charge in [-0.1, -0.05) is 45.9 Å². The Morgan fingerprint density at radius 2 is 1.14 bits per heavy atom. The summed E-state index contributed by atoms with van der Waals surface area (Å²) in [7, 11) is 2.89. The van der Waals surface area contributed by atoms with Crippen LogP contribution in [0.4, 0.5) is 0 Å². The lowest BCUT2D eigenvalue weighted by molar-refractivity contribution is -0.165. The number of rotatable bonds is 8. The molecule has 118 valence electrons. The molecule has 0 aromatic carbocycles. The van der Waals surface area contributed by atoms with Gasteiger partial charge in [-0.05, 0) is 0 Å². The quantitative estimate of drug-likeness (QED) is 0.505. The first-order chi connectivity index (χ1) is 10.5. The average molecular weight is 336 g/mol. The molecule has 0 saturated carbocycles. The van der Waals surface area contributed by atoms with Gasteiger partial charge in [-0.3, -0.25) is 9.59 Å². The van der Waals surface area contributed by atoms with Gasteiger partial charge in [0, 0.05) is 25.9 Å². The molecule has 2 amide bonds. The number of fused-ring (bicyclic) bond motifs is 3. The van der Waals surface area contributed by atoms with E-state index >= 15 is 0 Å². The van der Waals surface area contributed by atoms with Gasteiger partial charge in [0.1, 0.15) is 0 Å². The van der Waals surface area contributed by atoms with E-state index in [0.29, 0.717) is 25.9 Å². The third-order valence-electron chi connectivity index (χ3n) is 3.81. The largest absolute Gasteiger partial charge is 0.312 e. The van der Waals surface area contributed by atoms with E-state index in [1.165, 1.54) is 21.6 Å². The van der Waals surface area contributed by atoms with Crippen LogP contribution in [0.15, 0.2) is 50.6 Å². The predicted octanol–water partition coefficient (Wildman–Crippen LogP) is 2.97.